The van der Waals surface area contributed by atoms with Gasteiger partial charge in [0.15, 0.2) is 15.6 Å². The first-order valence-electron chi connectivity index (χ1n) is 6.72. The molecule has 0 fully saturated rings. The normalized spacial score (nSPS) is 11.3. The zero-order chi connectivity index (χ0) is 15.5. The summed E-state index contributed by atoms with van der Waals surface area (Å²) in [6.45, 7) is 3.70. The van der Waals surface area contributed by atoms with Gasteiger partial charge in [-0.2, -0.15) is 0 Å². The molecule has 3 nitrogen and oxygen atoms in total. The lowest BCUT2D eigenvalue weighted by molar-refractivity contribution is 0.102. The molecule has 0 N–H and O–H groups in total. The minimum Gasteiger partial charge on any atom is -0.293 e. The number of rotatable bonds is 5. The Labute approximate surface area is 125 Å². The highest BCUT2D eigenvalue weighted by Crippen LogP contribution is 2.14. The van der Waals surface area contributed by atoms with Crippen molar-refractivity contribution in [2.24, 2.45) is 0 Å². The van der Waals surface area contributed by atoms with Crippen LogP contribution < -0.4 is 0 Å². The van der Waals surface area contributed by atoms with E-state index in [-0.39, 0.29) is 11.5 Å². The topological polar surface area (TPSA) is 51.2 Å². The first-order chi connectivity index (χ1) is 9.87. The van der Waals surface area contributed by atoms with Crippen molar-refractivity contribution in [3.8, 4) is 0 Å². The van der Waals surface area contributed by atoms with Crippen LogP contribution in [0.3, 0.4) is 0 Å². The Balaban J connectivity index is 2.16. The fourth-order valence-corrected chi connectivity index (χ4v) is 3.55. The fraction of sp³-hybridized carbons (Fsp3) is 0.235. The summed E-state index contributed by atoms with van der Waals surface area (Å²) in [5, 5.41) is 0. The highest BCUT2D eigenvalue weighted by Gasteiger charge is 2.19. The van der Waals surface area contributed by atoms with Gasteiger partial charge in [-0.3, -0.25) is 4.79 Å². The number of benzene rings is 2. The summed E-state index contributed by atoms with van der Waals surface area (Å²) in [5.74, 6) is -0.900. The molecule has 0 aliphatic heterocycles. The van der Waals surface area contributed by atoms with Gasteiger partial charge in [-0.15, -0.1) is 0 Å². The zero-order valence-corrected chi connectivity index (χ0v) is 13.0. The number of Topliss-reactive ketones (excluding diaryl/α,β-unsaturated/α-hetero) is 1. The van der Waals surface area contributed by atoms with Gasteiger partial charge in [-0.1, -0.05) is 48.0 Å². The van der Waals surface area contributed by atoms with Crippen molar-refractivity contribution in [1.82, 2.24) is 0 Å². The molecule has 0 spiro atoms. The van der Waals surface area contributed by atoms with E-state index in [1.54, 1.807) is 30.3 Å². The van der Waals surface area contributed by atoms with Crippen molar-refractivity contribution in [3.05, 3.63) is 70.8 Å². The molecule has 2 aromatic rings. The quantitative estimate of drug-likeness (QED) is 0.797. The average molecular weight is 302 g/mol. The number of ketones is 1. The van der Waals surface area contributed by atoms with Crippen molar-refractivity contribution >= 4 is 15.6 Å². The minimum absolute atomic E-state index is 0.107. The van der Waals surface area contributed by atoms with Crippen LogP contribution in [0.1, 0.15) is 27.0 Å². The van der Waals surface area contributed by atoms with Gasteiger partial charge >= 0.3 is 0 Å². The van der Waals surface area contributed by atoms with Gasteiger partial charge in [0.1, 0.15) is 5.75 Å². The van der Waals surface area contributed by atoms with Gasteiger partial charge in [-0.25, -0.2) is 8.42 Å². The Morgan fingerprint density at radius 1 is 1.00 bits per heavy atom. The summed E-state index contributed by atoms with van der Waals surface area (Å²) in [6, 6.07) is 14.4. The molecule has 110 valence electrons. The Kier molecular flexibility index (Phi) is 4.58. The third-order valence-corrected chi connectivity index (χ3v) is 4.75. The highest BCUT2D eigenvalue weighted by atomic mass is 32.2. The smallest absolute Gasteiger partial charge is 0.178 e. The summed E-state index contributed by atoms with van der Waals surface area (Å²) in [7, 11) is -3.46. The monoisotopic (exact) mass is 302 g/mol. The lowest BCUT2D eigenvalue weighted by Crippen LogP contribution is -2.18. The van der Waals surface area contributed by atoms with Crippen LogP contribution in [0.2, 0.25) is 0 Å². The molecule has 0 heterocycles. The molecule has 0 radical (unpaired) electrons. The predicted molar refractivity (Wildman–Crippen MR) is 84.2 cm³/mol. The van der Waals surface area contributed by atoms with Crippen molar-refractivity contribution in [1.29, 1.82) is 0 Å². The molecule has 0 aromatic heterocycles. The second-order valence-corrected chi connectivity index (χ2v) is 7.32. The van der Waals surface area contributed by atoms with Crippen molar-refractivity contribution in [2.75, 3.05) is 5.75 Å². The summed E-state index contributed by atoms with van der Waals surface area (Å²) in [4.78, 5) is 12.2. The highest BCUT2D eigenvalue weighted by molar-refractivity contribution is 7.91. The first kappa shape index (κ1) is 15.4. The molecule has 0 saturated carbocycles. The van der Waals surface area contributed by atoms with Crippen LogP contribution in [0.25, 0.3) is 0 Å². The van der Waals surface area contributed by atoms with Crippen LogP contribution in [0.15, 0.2) is 48.5 Å². The van der Waals surface area contributed by atoms with Gasteiger partial charge in [0.25, 0.3) is 0 Å². The van der Waals surface area contributed by atoms with Gasteiger partial charge in [0, 0.05) is 5.56 Å². The van der Waals surface area contributed by atoms with E-state index in [9.17, 15) is 13.2 Å². The number of hydrogen-bond acceptors (Lipinski definition) is 3. The number of hydrogen-bond donors (Lipinski definition) is 0. The van der Waals surface area contributed by atoms with E-state index in [1.807, 2.05) is 32.0 Å². The van der Waals surface area contributed by atoms with E-state index in [0.29, 0.717) is 11.1 Å². The van der Waals surface area contributed by atoms with Crippen LogP contribution in [-0.4, -0.2) is 20.0 Å². The largest absolute Gasteiger partial charge is 0.293 e. The van der Waals surface area contributed by atoms with Crippen LogP contribution in [0.4, 0.5) is 0 Å². The average Bonchev–Trinajstić information content (AvgIpc) is 2.41. The maximum absolute atomic E-state index is 12.2. The van der Waals surface area contributed by atoms with Gasteiger partial charge < -0.3 is 0 Å². The van der Waals surface area contributed by atoms with E-state index in [2.05, 4.69) is 0 Å². The van der Waals surface area contributed by atoms with E-state index in [1.165, 1.54) is 0 Å². The number of sulfone groups is 1. The number of carbonyl (C=O) groups is 1. The molecule has 0 saturated heterocycles. The van der Waals surface area contributed by atoms with Crippen LogP contribution in [0.5, 0.6) is 0 Å². The maximum atomic E-state index is 12.2. The zero-order valence-electron chi connectivity index (χ0n) is 12.2. The maximum Gasteiger partial charge on any atom is 0.178 e. The third kappa shape index (κ3) is 4.26. The molecule has 0 aliphatic rings. The van der Waals surface area contributed by atoms with Crippen molar-refractivity contribution < 1.29 is 13.2 Å². The second kappa shape index (κ2) is 6.22. The predicted octanol–water partition coefficient (Wildman–Crippen LogP) is 3.10. The molecular formula is C17H18O3S. The van der Waals surface area contributed by atoms with E-state index in [0.717, 1.165) is 11.1 Å². The Bertz CT molecular complexity index is 747. The molecule has 0 amide bonds. The van der Waals surface area contributed by atoms with E-state index >= 15 is 0 Å². The number of aryl methyl sites for hydroxylation is 2. The minimum atomic E-state index is -3.46. The molecule has 4 heteroatoms. The lowest BCUT2D eigenvalue weighted by atomic mass is 10.0. The molecule has 21 heavy (non-hydrogen) atoms. The molecular weight excluding hydrogens is 284 g/mol. The summed E-state index contributed by atoms with van der Waals surface area (Å²) in [5.41, 5.74) is 2.95. The third-order valence-electron chi connectivity index (χ3n) is 3.27. The fourth-order valence-electron chi connectivity index (χ4n) is 2.19. The Morgan fingerprint density at radius 2 is 1.67 bits per heavy atom. The molecule has 2 rings (SSSR count). The summed E-state index contributed by atoms with van der Waals surface area (Å²) < 4.78 is 24.3. The second-order valence-electron chi connectivity index (χ2n) is 5.26. The Morgan fingerprint density at radius 3 is 2.33 bits per heavy atom. The van der Waals surface area contributed by atoms with Crippen molar-refractivity contribution in [2.45, 2.75) is 19.6 Å². The van der Waals surface area contributed by atoms with Crippen LogP contribution >= 0.6 is 0 Å². The molecule has 0 unspecified atom stereocenters. The SMILES string of the molecule is Cc1ccc(C)c(C(=O)CS(=O)(=O)Cc2ccccc2)c1. The lowest BCUT2D eigenvalue weighted by Gasteiger charge is -2.07. The summed E-state index contributed by atoms with van der Waals surface area (Å²) >= 11 is 0. The van der Waals surface area contributed by atoms with Gasteiger partial charge in [0.2, 0.25) is 0 Å². The van der Waals surface area contributed by atoms with E-state index in [4.69, 9.17) is 0 Å². The van der Waals surface area contributed by atoms with Crippen molar-refractivity contribution in [3.63, 3.8) is 0 Å². The van der Waals surface area contributed by atoms with E-state index < -0.39 is 15.6 Å². The Hall–Kier alpha value is -1.94. The molecule has 0 atom stereocenters. The molecule has 2 aromatic carbocycles. The first-order valence-corrected chi connectivity index (χ1v) is 8.54. The molecule has 0 bridgehead atoms. The van der Waals surface area contributed by atoms with Crippen LogP contribution in [0, 0.1) is 13.8 Å². The number of carbonyl (C=O) groups excluding carboxylic acids is 1. The summed E-state index contributed by atoms with van der Waals surface area (Å²) in [6.07, 6.45) is 0. The molecule has 0 aliphatic carbocycles. The van der Waals surface area contributed by atoms with Gasteiger partial charge in [0.05, 0.1) is 5.75 Å². The van der Waals surface area contributed by atoms with Gasteiger partial charge in [-0.05, 0) is 31.0 Å². The standard InChI is InChI=1S/C17H18O3S/c1-13-8-9-14(2)16(10-13)17(18)12-21(19,20)11-15-6-4-3-5-7-15/h3-10H,11-12H2,1-2H3. The van der Waals surface area contributed by atoms with Crippen LogP contribution in [-0.2, 0) is 15.6 Å².